The number of nitrogens with one attached hydrogen (secondary N) is 1. The number of rotatable bonds is 6. The van der Waals surface area contributed by atoms with Crippen LogP contribution in [0.15, 0.2) is 53.3 Å². The van der Waals surface area contributed by atoms with E-state index in [0.717, 1.165) is 19.4 Å². The Bertz CT molecular complexity index is 918. The Morgan fingerprint density at radius 1 is 1.12 bits per heavy atom. The molecule has 0 aliphatic rings. The average molecular weight is 339 g/mol. The lowest BCUT2D eigenvalue weighted by molar-refractivity contribution is 0.484. The average Bonchev–Trinajstić information content (AvgIpc) is 2.64. The zero-order chi connectivity index (χ0) is 17.8. The first kappa shape index (κ1) is 17.3. The molecule has 1 heterocycles. The van der Waals surface area contributed by atoms with Crippen LogP contribution in [0.4, 0.5) is 4.39 Å². The molecule has 1 N–H and O–H groups in total. The number of para-hydroxylation sites is 1. The van der Waals surface area contributed by atoms with Crippen LogP contribution in [-0.4, -0.2) is 16.1 Å². The molecular formula is C20H22FN3O. The van der Waals surface area contributed by atoms with Gasteiger partial charge in [-0.15, -0.1) is 0 Å². The van der Waals surface area contributed by atoms with E-state index in [1.54, 1.807) is 22.8 Å². The summed E-state index contributed by atoms with van der Waals surface area (Å²) in [5.74, 6) is 0.328. The van der Waals surface area contributed by atoms with Crippen LogP contribution in [0.2, 0.25) is 0 Å². The molecule has 3 rings (SSSR count). The van der Waals surface area contributed by atoms with Crippen LogP contribution in [0, 0.1) is 5.82 Å². The molecule has 0 aliphatic heterocycles. The van der Waals surface area contributed by atoms with Crippen molar-refractivity contribution < 1.29 is 4.39 Å². The van der Waals surface area contributed by atoms with E-state index in [1.165, 1.54) is 12.1 Å². The van der Waals surface area contributed by atoms with E-state index in [4.69, 9.17) is 4.98 Å². The highest BCUT2D eigenvalue weighted by molar-refractivity contribution is 5.77. The quantitative estimate of drug-likeness (QED) is 0.739. The van der Waals surface area contributed by atoms with Gasteiger partial charge in [-0.05, 0) is 55.8 Å². The van der Waals surface area contributed by atoms with E-state index in [2.05, 4.69) is 19.2 Å². The third-order valence-corrected chi connectivity index (χ3v) is 4.25. The molecule has 130 valence electrons. The van der Waals surface area contributed by atoms with Gasteiger partial charge >= 0.3 is 0 Å². The fourth-order valence-corrected chi connectivity index (χ4v) is 2.96. The number of hydrogen-bond acceptors (Lipinski definition) is 3. The number of hydrogen-bond donors (Lipinski definition) is 1. The fourth-order valence-electron chi connectivity index (χ4n) is 2.96. The topological polar surface area (TPSA) is 46.9 Å². The lowest BCUT2D eigenvalue weighted by Crippen LogP contribution is -2.31. The van der Waals surface area contributed by atoms with E-state index in [-0.39, 0.29) is 17.4 Å². The Labute approximate surface area is 146 Å². The molecule has 2 aromatic carbocycles. The summed E-state index contributed by atoms with van der Waals surface area (Å²) in [5, 5.41) is 4.01. The van der Waals surface area contributed by atoms with E-state index in [9.17, 15) is 9.18 Å². The van der Waals surface area contributed by atoms with Gasteiger partial charge in [-0.3, -0.25) is 9.36 Å². The molecule has 0 radical (unpaired) electrons. The Morgan fingerprint density at radius 3 is 2.52 bits per heavy atom. The van der Waals surface area contributed by atoms with Crippen LogP contribution >= 0.6 is 0 Å². The minimum absolute atomic E-state index is 0.0534. The number of nitrogens with zero attached hydrogens (tertiary/aromatic N) is 2. The third-order valence-electron chi connectivity index (χ3n) is 4.25. The van der Waals surface area contributed by atoms with Crippen LogP contribution < -0.4 is 10.9 Å². The van der Waals surface area contributed by atoms with Crippen molar-refractivity contribution in [2.45, 2.75) is 32.7 Å². The van der Waals surface area contributed by atoms with E-state index in [0.29, 0.717) is 22.4 Å². The maximum absolute atomic E-state index is 13.3. The van der Waals surface area contributed by atoms with Crippen molar-refractivity contribution >= 4 is 10.9 Å². The molecule has 4 nitrogen and oxygen atoms in total. The summed E-state index contributed by atoms with van der Waals surface area (Å²) < 4.78 is 14.9. The summed E-state index contributed by atoms with van der Waals surface area (Å²) in [6.07, 6.45) is 1.79. The summed E-state index contributed by atoms with van der Waals surface area (Å²) in [5.41, 5.74) is 1.16. The molecule has 0 amide bonds. The molecule has 0 spiro atoms. The van der Waals surface area contributed by atoms with Crippen molar-refractivity contribution in [3.05, 3.63) is 70.5 Å². The number of aromatic nitrogens is 2. The van der Waals surface area contributed by atoms with Crippen LogP contribution in [0.25, 0.3) is 16.6 Å². The molecule has 0 aliphatic carbocycles. The maximum atomic E-state index is 13.3. The van der Waals surface area contributed by atoms with Gasteiger partial charge in [0, 0.05) is 0 Å². The Morgan fingerprint density at radius 2 is 1.84 bits per heavy atom. The molecule has 0 saturated carbocycles. The van der Waals surface area contributed by atoms with E-state index < -0.39 is 0 Å². The summed E-state index contributed by atoms with van der Waals surface area (Å²) >= 11 is 0. The summed E-state index contributed by atoms with van der Waals surface area (Å²) in [4.78, 5) is 17.9. The van der Waals surface area contributed by atoms with Gasteiger partial charge in [0.2, 0.25) is 0 Å². The Kier molecular flexibility index (Phi) is 5.24. The number of halogens is 1. The second-order valence-electron chi connectivity index (χ2n) is 6.02. The maximum Gasteiger partial charge on any atom is 0.266 e. The molecule has 1 atom stereocenters. The lowest BCUT2D eigenvalue weighted by Gasteiger charge is -2.21. The second kappa shape index (κ2) is 7.57. The molecule has 0 saturated heterocycles. The fraction of sp³-hybridized carbons (Fsp3) is 0.300. The zero-order valence-electron chi connectivity index (χ0n) is 14.5. The molecule has 3 aromatic rings. The van der Waals surface area contributed by atoms with Crippen molar-refractivity contribution in [1.29, 1.82) is 0 Å². The summed E-state index contributed by atoms with van der Waals surface area (Å²) in [7, 11) is 0. The van der Waals surface area contributed by atoms with Crippen LogP contribution in [0.1, 0.15) is 38.6 Å². The van der Waals surface area contributed by atoms with Gasteiger partial charge in [-0.1, -0.05) is 26.0 Å². The Hall–Kier alpha value is -2.53. The first-order valence-corrected chi connectivity index (χ1v) is 8.66. The lowest BCUT2D eigenvalue weighted by atomic mass is 10.1. The standard InChI is InChI=1S/C20H22FN3O/c1-3-13-22-17(4-2)19-23-18-8-6-5-7-16(18)20(25)24(19)15-11-9-14(21)10-12-15/h5-12,17,22H,3-4,13H2,1-2H3/t17-/m1/s1. The Balaban J connectivity index is 2.27. The van der Waals surface area contributed by atoms with Crippen LogP contribution in [-0.2, 0) is 0 Å². The van der Waals surface area contributed by atoms with Gasteiger partial charge in [-0.25, -0.2) is 9.37 Å². The number of fused-ring (bicyclic) bond motifs is 1. The molecular weight excluding hydrogens is 317 g/mol. The highest BCUT2D eigenvalue weighted by Crippen LogP contribution is 2.20. The van der Waals surface area contributed by atoms with Crippen LogP contribution in [0.5, 0.6) is 0 Å². The van der Waals surface area contributed by atoms with Gasteiger partial charge < -0.3 is 5.32 Å². The van der Waals surface area contributed by atoms with Gasteiger partial charge in [-0.2, -0.15) is 0 Å². The predicted molar refractivity (Wildman–Crippen MR) is 98.6 cm³/mol. The van der Waals surface area contributed by atoms with Crippen LogP contribution in [0.3, 0.4) is 0 Å². The van der Waals surface area contributed by atoms with Gasteiger partial charge in [0.15, 0.2) is 0 Å². The molecule has 25 heavy (non-hydrogen) atoms. The first-order chi connectivity index (χ1) is 12.2. The van der Waals surface area contributed by atoms with E-state index in [1.807, 2.05) is 18.2 Å². The monoisotopic (exact) mass is 339 g/mol. The third kappa shape index (κ3) is 3.46. The predicted octanol–water partition coefficient (Wildman–Crippen LogP) is 3.98. The normalized spacial score (nSPS) is 12.4. The highest BCUT2D eigenvalue weighted by atomic mass is 19.1. The second-order valence-corrected chi connectivity index (χ2v) is 6.02. The smallest absolute Gasteiger partial charge is 0.266 e. The van der Waals surface area contributed by atoms with Gasteiger partial charge in [0.1, 0.15) is 11.6 Å². The first-order valence-electron chi connectivity index (χ1n) is 8.66. The zero-order valence-corrected chi connectivity index (χ0v) is 14.5. The molecule has 1 aromatic heterocycles. The SMILES string of the molecule is CCCN[C@H](CC)c1nc2ccccc2c(=O)n1-c1ccc(F)cc1. The van der Waals surface area contributed by atoms with Gasteiger partial charge in [0.05, 0.1) is 22.6 Å². The molecule has 5 heteroatoms. The minimum atomic E-state index is -0.330. The van der Waals surface area contributed by atoms with Crippen molar-refractivity contribution in [2.75, 3.05) is 6.54 Å². The highest BCUT2D eigenvalue weighted by Gasteiger charge is 2.19. The number of benzene rings is 2. The molecule has 0 unspecified atom stereocenters. The van der Waals surface area contributed by atoms with E-state index >= 15 is 0 Å². The molecule has 0 fully saturated rings. The largest absolute Gasteiger partial charge is 0.307 e. The summed E-state index contributed by atoms with van der Waals surface area (Å²) in [6, 6.07) is 13.2. The van der Waals surface area contributed by atoms with Crippen molar-refractivity contribution in [2.24, 2.45) is 0 Å². The minimum Gasteiger partial charge on any atom is -0.307 e. The van der Waals surface area contributed by atoms with Crippen molar-refractivity contribution in [3.63, 3.8) is 0 Å². The summed E-state index contributed by atoms with van der Waals surface area (Å²) in [6.45, 7) is 4.99. The van der Waals surface area contributed by atoms with Crippen molar-refractivity contribution in [3.8, 4) is 5.69 Å². The molecule has 0 bridgehead atoms. The van der Waals surface area contributed by atoms with Gasteiger partial charge in [0.25, 0.3) is 5.56 Å². The van der Waals surface area contributed by atoms with Crippen molar-refractivity contribution in [1.82, 2.24) is 14.9 Å².